The van der Waals surface area contributed by atoms with Gasteiger partial charge in [-0.3, -0.25) is 15.1 Å². The average molecular weight is 289 g/mol. The summed E-state index contributed by atoms with van der Waals surface area (Å²) in [5.41, 5.74) is 1.42. The van der Waals surface area contributed by atoms with Gasteiger partial charge in [-0.15, -0.1) is 0 Å². The van der Waals surface area contributed by atoms with Crippen LogP contribution in [0.2, 0.25) is 0 Å². The van der Waals surface area contributed by atoms with Crippen LogP contribution in [-0.2, 0) is 6.42 Å². The summed E-state index contributed by atoms with van der Waals surface area (Å²) in [7, 11) is 0. The molecule has 0 radical (unpaired) electrons. The van der Waals surface area contributed by atoms with Gasteiger partial charge >= 0.3 is 5.69 Å². The van der Waals surface area contributed by atoms with Crippen molar-refractivity contribution in [2.75, 3.05) is 11.9 Å². The highest BCUT2D eigenvalue weighted by Gasteiger charge is 2.26. The fourth-order valence-electron chi connectivity index (χ4n) is 2.15. The molecule has 0 spiro atoms. The molecular formula is C14H19N5O2. The predicted molar refractivity (Wildman–Crippen MR) is 80.4 cm³/mol. The lowest BCUT2D eigenvalue weighted by Gasteiger charge is -2.11. The van der Waals surface area contributed by atoms with Crippen LogP contribution in [0.25, 0.3) is 0 Å². The Morgan fingerprint density at radius 1 is 1.43 bits per heavy atom. The van der Waals surface area contributed by atoms with Crippen LogP contribution in [-0.4, -0.2) is 26.2 Å². The summed E-state index contributed by atoms with van der Waals surface area (Å²) in [4.78, 5) is 15.1. The van der Waals surface area contributed by atoms with E-state index in [1.165, 1.54) is 0 Å². The maximum absolute atomic E-state index is 11.2. The fourth-order valence-corrected chi connectivity index (χ4v) is 2.15. The summed E-state index contributed by atoms with van der Waals surface area (Å²) in [5, 5.41) is 18.6. The van der Waals surface area contributed by atoms with Crippen molar-refractivity contribution in [3.8, 4) is 0 Å². The minimum Gasteiger partial charge on any atom is -0.364 e. The van der Waals surface area contributed by atoms with Gasteiger partial charge in [-0.2, -0.15) is 5.10 Å². The zero-order valence-electron chi connectivity index (χ0n) is 12.4. The summed E-state index contributed by atoms with van der Waals surface area (Å²) in [5.74, 6) is 0.462. The highest BCUT2D eigenvalue weighted by molar-refractivity contribution is 5.59. The summed E-state index contributed by atoms with van der Waals surface area (Å²) in [6.45, 7) is 6.11. The van der Waals surface area contributed by atoms with Gasteiger partial charge in [0.05, 0.1) is 4.92 Å². The molecule has 7 nitrogen and oxygen atoms in total. The zero-order chi connectivity index (χ0) is 15.4. The van der Waals surface area contributed by atoms with Gasteiger partial charge in [0.2, 0.25) is 5.82 Å². The van der Waals surface area contributed by atoms with E-state index in [2.05, 4.69) is 15.4 Å². The summed E-state index contributed by atoms with van der Waals surface area (Å²) in [6, 6.07) is 5.77. The van der Waals surface area contributed by atoms with Gasteiger partial charge in [-0.1, -0.05) is 6.07 Å². The van der Waals surface area contributed by atoms with Crippen LogP contribution in [0.5, 0.6) is 0 Å². The van der Waals surface area contributed by atoms with Gasteiger partial charge in [-0.25, -0.2) is 4.68 Å². The summed E-state index contributed by atoms with van der Waals surface area (Å²) in [6.07, 6.45) is 2.43. The molecule has 0 bridgehead atoms. The van der Waals surface area contributed by atoms with E-state index in [9.17, 15) is 10.1 Å². The number of nitrogens with zero attached hydrogens (tertiary/aromatic N) is 4. The van der Waals surface area contributed by atoms with Crippen molar-refractivity contribution in [2.24, 2.45) is 0 Å². The first-order chi connectivity index (χ1) is 10.0. The number of hydrogen-bond donors (Lipinski definition) is 1. The molecule has 2 heterocycles. The highest BCUT2D eigenvalue weighted by Crippen LogP contribution is 2.30. The Hall–Kier alpha value is -2.44. The topological polar surface area (TPSA) is 85.9 Å². The lowest BCUT2D eigenvalue weighted by Crippen LogP contribution is -2.13. The third-order valence-corrected chi connectivity index (χ3v) is 3.13. The molecule has 0 aliphatic heterocycles. The predicted octanol–water partition coefficient (Wildman–Crippen LogP) is 2.73. The Labute approximate surface area is 123 Å². The van der Waals surface area contributed by atoms with Crippen LogP contribution in [0.1, 0.15) is 31.3 Å². The van der Waals surface area contributed by atoms with Crippen LogP contribution in [0, 0.1) is 17.0 Å². The summed E-state index contributed by atoms with van der Waals surface area (Å²) >= 11 is 0. The van der Waals surface area contributed by atoms with E-state index in [1.54, 1.807) is 17.8 Å². The van der Waals surface area contributed by atoms with Crippen molar-refractivity contribution >= 4 is 11.5 Å². The van der Waals surface area contributed by atoms with Crippen molar-refractivity contribution in [3.05, 3.63) is 45.9 Å². The second kappa shape index (κ2) is 6.34. The second-order valence-electron chi connectivity index (χ2n) is 5.08. The molecule has 0 aromatic carbocycles. The lowest BCUT2D eigenvalue weighted by atomic mass is 10.2. The van der Waals surface area contributed by atoms with Crippen molar-refractivity contribution in [1.29, 1.82) is 0 Å². The van der Waals surface area contributed by atoms with E-state index in [1.807, 2.05) is 32.0 Å². The molecule has 112 valence electrons. The van der Waals surface area contributed by atoms with E-state index in [4.69, 9.17) is 0 Å². The van der Waals surface area contributed by atoms with E-state index in [-0.39, 0.29) is 16.7 Å². The maximum atomic E-state index is 11.2. The fraction of sp³-hybridized carbons (Fsp3) is 0.429. The van der Waals surface area contributed by atoms with E-state index in [0.29, 0.717) is 24.5 Å². The van der Waals surface area contributed by atoms with Gasteiger partial charge in [0.1, 0.15) is 5.69 Å². The number of hydrogen-bond acceptors (Lipinski definition) is 5. The third kappa shape index (κ3) is 3.36. The molecule has 0 fully saturated rings. The Morgan fingerprint density at radius 2 is 2.19 bits per heavy atom. The standard InChI is InChI=1S/C14H19N5O2/c1-10(2)18-14(13(19(20)21)11(3)17-18)16-9-7-12-6-4-5-8-15-12/h4-6,8,10,16H,7,9H2,1-3H3. The minimum absolute atomic E-state index is 0.0460. The quantitative estimate of drug-likeness (QED) is 0.652. The molecule has 0 saturated carbocycles. The van der Waals surface area contributed by atoms with Crippen LogP contribution >= 0.6 is 0 Å². The van der Waals surface area contributed by atoms with Gasteiger partial charge in [-0.05, 0) is 32.9 Å². The minimum atomic E-state index is -0.385. The molecule has 0 aliphatic rings. The number of aryl methyl sites for hydroxylation is 1. The Bertz CT molecular complexity index is 622. The van der Waals surface area contributed by atoms with Crippen LogP contribution < -0.4 is 5.32 Å². The van der Waals surface area contributed by atoms with Gasteiger partial charge in [0.15, 0.2) is 0 Å². The van der Waals surface area contributed by atoms with E-state index < -0.39 is 0 Å². The SMILES string of the molecule is Cc1nn(C(C)C)c(NCCc2ccccn2)c1[N+](=O)[O-]. The molecule has 2 rings (SSSR count). The Morgan fingerprint density at radius 3 is 2.76 bits per heavy atom. The molecular weight excluding hydrogens is 270 g/mol. The van der Waals surface area contributed by atoms with Crippen molar-refractivity contribution < 1.29 is 4.92 Å². The molecule has 2 aromatic rings. The number of anilines is 1. The molecule has 1 N–H and O–H groups in total. The largest absolute Gasteiger partial charge is 0.364 e. The average Bonchev–Trinajstić information content (AvgIpc) is 2.77. The number of pyridine rings is 1. The van der Waals surface area contributed by atoms with Crippen molar-refractivity contribution in [1.82, 2.24) is 14.8 Å². The van der Waals surface area contributed by atoms with Crippen LogP contribution in [0.15, 0.2) is 24.4 Å². The van der Waals surface area contributed by atoms with Crippen molar-refractivity contribution in [2.45, 2.75) is 33.2 Å². The smallest absolute Gasteiger partial charge is 0.333 e. The monoisotopic (exact) mass is 289 g/mol. The number of nitrogens with one attached hydrogen (secondary N) is 1. The first kappa shape index (κ1) is 15.0. The second-order valence-corrected chi connectivity index (χ2v) is 5.08. The zero-order valence-corrected chi connectivity index (χ0v) is 12.4. The molecule has 0 amide bonds. The van der Waals surface area contributed by atoms with Crippen LogP contribution in [0.4, 0.5) is 11.5 Å². The molecule has 0 unspecified atom stereocenters. The lowest BCUT2D eigenvalue weighted by molar-refractivity contribution is -0.384. The normalized spacial score (nSPS) is 10.9. The molecule has 0 atom stereocenters. The Kier molecular flexibility index (Phi) is 4.52. The molecule has 21 heavy (non-hydrogen) atoms. The van der Waals surface area contributed by atoms with E-state index in [0.717, 1.165) is 5.69 Å². The number of aromatic nitrogens is 3. The molecule has 0 aliphatic carbocycles. The number of nitro groups is 1. The first-order valence-electron chi connectivity index (χ1n) is 6.88. The van der Waals surface area contributed by atoms with Crippen LogP contribution in [0.3, 0.4) is 0 Å². The maximum Gasteiger partial charge on any atom is 0.333 e. The molecule has 2 aromatic heterocycles. The molecule has 7 heteroatoms. The van der Waals surface area contributed by atoms with Gasteiger partial charge in [0, 0.05) is 30.9 Å². The number of rotatable bonds is 6. The van der Waals surface area contributed by atoms with E-state index >= 15 is 0 Å². The van der Waals surface area contributed by atoms with Gasteiger partial charge in [0.25, 0.3) is 0 Å². The van der Waals surface area contributed by atoms with Gasteiger partial charge < -0.3 is 5.32 Å². The van der Waals surface area contributed by atoms with Crippen molar-refractivity contribution in [3.63, 3.8) is 0 Å². The Balaban J connectivity index is 2.16. The highest BCUT2D eigenvalue weighted by atomic mass is 16.6. The summed E-state index contributed by atoms with van der Waals surface area (Å²) < 4.78 is 1.66. The third-order valence-electron chi connectivity index (χ3n) is 3.13. The molecule has 0 saturated heterocycles. The first-order valence-corrected chi connectivity index (χ1v) is 6.88.